The van der Waals surface area contributed by atoms with Crippen molar-refractivity contribution >= 4 is 5.78 Å². The summed E-state index contributed by atoms with van der Waals surface area (Å²) in [4.78, 5) is 11.7. The SMILES string of the molecule is CC(N)(C(=O)C1=CCCCCC1)C(F)(F)F. The number of Topliss-reactive ketones (excluding diaryl/α,β-unsaturated/α-hetero) is 1. The van der Waals surface area contributed by atoms with E-state index in [0.717, 1.165) is 26.2 Å². The summed E-state index contributed by atoms with van der Waals surface area (Å²) in [5.74, 6) is -0.984. The fourth-order valence-electron chi connectivity index (χ4n) is 1.68. The third kappa shape index (κ3) is 2.64. The molecule has 0 saturated heterocycles. The van der Waals surface area contributed by atoms with E-state index in [1.54, 1.807) is 6.08 Å². The van der Waals surface area contributed by atoms with Crippen LogP contribution in [0.15, 0.2) is 11.6 Å². The normalized spacial score (nSPS) is 21.9. The van der Waals surface area contributed by atoms with E-state index in [4.69, 9.17) is 5.73 Å². The van der Waals surface area contributed by atoms with E-state index in [-0.39, 0.29) is 5.57 Å². The molecule has 0 spiro atoms. The second kappa shape index (κ2) is 4.57. The van der Waals surface area contributed by atoms with Crippen molar-refractivity contribution in [2.24, 2.45) is 5.73 Å². The van der Waals surface area contributed by atoms with Gasteiger partial charge in [0.2, 0.25) is 0 Å². The number of allylic oxidation sites excluding steroid dienone is 1. The number of hydrogen-bond acceptors (Lipinski definition) is 2. The van der Waals surface area contributed by atoms with E-state index >= 15 is 0 Å². The molecule has 0 saturated carbocycles. The summed E-state index contributed by atoms with van der Waals surface area (Å²) >= 11 is 0. The maximum Gasteiger partial charge on any atom is 0.413 e. The molecule has 0 radical (unpaired) electrons. The Labute approximate surface area is 92.7 Å². The van der Waals surface area contributed by atoms with Crippen molar-refractivity contribution < 1.29 is 18.0 Å². The van der Waals surface area contributed by atoms with Crippen LogP contribution in [0.3, 0.4) is 0 Å². The van der Waals surface area contributed by atoms with E-state index in [9.17, 15) is 18.0 Å². The van der Waals surface area contributed by atoms with Gasteiger partial charge in [0.05, 0.1) is 0 Å². The molecule has 1 unspecified atom stereocenters. The van der Waals surface area contributed by atoms with Crippen LogP contribution in [0.4, 0.5) is 13.2 Å². The minimum atomic E-state index is -4.70. The van der Waals surface area contributed by atoms with Crippen molar-refractivity contribution in [2.45, 2.75) is 50.7 Å². The number of hydrogen-bond donors (Lipinski definition) is 1. The van der Waals surface area contributed by atoms with Gasteiger partial charge in [0.1, 0.15) is 0 Å². The highest BCUT2D eigenvalue weighted by Gasteiger charge is 2.54. The first-order valence-electron chi connectivity index (χ1n) is 5.36. The second-order valence-corrected chi connectivity index (χ2v) is 4.36. The Morgan fingerprint density at radius 3 is 2.50 bits per heavy atom. The molecule has 0 aromatic carbocycles. The van der Waals surface area contributed by atoms with Gasteiger partial charge in [-0.05, 0) is 38.2 Å². The van der Waals surface area contributed by atoms with Gasteiger partial charge in [0, 0.05) is 0 Å². The van der Waals surface area contributed by atoms with Gasteiger partial charge < -0.3 is 5.73 Å². The minimum absolute atomic E-state index is 0.236. The number of nitrogens with two attached hydrogens (primary N) is 1. The molecule has 0 amide bonds. The van der Waals surface area contributed by atoms with Crippen LogP contribution < -0.4 is 5.73 Å². The van der Waals surface area contributed by atoms with Crippen molar-refractivity contribution in [2.75, 3.05) is 0 Å². The summed E-state index contributed by atoms with van der Waals surface area (Å²) in [7, 11) is 0. The van der Waals surface area contributed by atoms with Crippen LogP contribution in [0.2, 0.25) is 0 Å². The van der Waals surface area contributed by atoms with Crippen LogP contribution in [0.5, 0.6) is 0 Å². The molecule has 1 aliphatic rings. The molecule has 2 nitrogen and oxygen atoms in total. The topological polar surface area (TPSA) is 43.1 Å². The van der Waals surface area contributed by atoms with Gasteiger partial charge in [-0.3, -0.25) is 4.79 Å². The van der Waals surface area contributed by atoms with E-state index < -0.39 is 17.5 Å². The highest BCUT2D eigenvalue weighted by atomic mass is 19.4. The Bertz CT molecular complexity index is 305. The molecule has 16 heavy (non-hydrogen) atoms. The molecule has 1 aliphatic carbocycles. The maximum atomic E-state index is 12.6. The van der Waals surface area contributed by atoms with Crippen LogP contribution in [-0.4, -0.2) is 17.5 Å². The first-order chi connectivity index (χ1) is 7.27. The smallest absolute Gasteiger partial charge is 0.311 e. The van der Waals surface area contributed by atoms with Crippen molar-refractivity contribution in [3.63, 3.8) is 0 Å². The van der Waals surface area contributed by atoms with Gasteiger partial charge in [0.15, 0.2) is 11.3 Å². The van der Waals surface area contributed by atoms with Crippen LogP contribution in [-0.2, 0) is 4.79 Å². The lowest BCUT2D eigenvalue weighted by atomic mass is 9.89. The van der Waals surface area contributed by atoms with Crippen LogP contribution in [0, 0.1) is 0 Å². The Balaban J connectivity index is 2.88. The zero-order valence-electron chi connectivity index (χ0n) is 9.23. The zero-order chi connectivity index (χ0) is 12.4. The first-order valence-corrected chi connectivity index (χ1v) is 5.36. The maximum absolute atomic E-state index is 12.6. The highest BCUT2D eigenvalue weighted by molar-refractivity contribution is 6.02. The molecule has 1 atom stereocenters. The number of carbonyl (C=O) groups is 1. The van der Waals surface area contributed by atoms with Gasteiger partial charge in [-0.15, -0.1) is 0 Å². The molecule has 0 heterocycles. The molecule has 2 N–H and O–H groups in total. The number of ketones is 1. The predicted octanol–water partition coefficient (Wildman–Crippen LogP) is 2.73. The summed E-state index contributed by atoms with van der Waals surface area (Å²) < 4.78 is 37.7. The Kier molecular flexibility index (Phi) is 3.78. The standard InChI is InChI=1S/C11H16F3NO/c1-10(15,11(12,13)14)9(16)8-6-4-2-3-5-7-8/h6H,2-5,7,15H2,1H3. The van der Waals surface area contributed by atoms with Crippen LogP contribution in [0.25, 0.3) is 0 Å². The molecular formula is C11H16F3NO. The van der Waals surface area contributed by atoms with E-state index in [0.29, 0.717) is 12.8 Å². The quantitative estimate of drug-likeness (QED) is 0.799. The molecule has 5 heteroatoms. The molecule has 0 fully saturated rings. The minimum Gasteiger partial charge on any atom is -0.311 e. The average molecular weight is 235 g/mol. The third-order valence-electron chi connectivity index (χ3n) is 2.89. The highest BCUT2D eigenvalue weighted by Crippen LogP contribution is 2.32. The van der Waals surface area contributed by atoms with E-state index in [1.807, 2.05) is 0 Å². The van der Waals surface area contributed by atoms with E-state index in [2.05, 4.69) is 0 Å². The number of halogens is 3. The molecule has 92 valence electrons. The first kappa shape index (κ1) is 13.2. The lowest BCUT2D eigenvalue weighted by molar-refractivity contribution is -0.184. The van der Waals surface area contributed by atoms with Gasteiger partial charge in [-0.1, -0.05) is 12.5 Å². The third-order valence-corrected chi connectivity index (χ3v) is 2.89. The van der Waals surface area contributed by atoms with Gasteiger partial charge in [-0.25, -0.2) is 0 Å². The fraction of sp³-hybridized carbons (Fsp3) is 0.727. The lowest BCUT2D eigenvalue weighted by Crippen LogP contribution is -2.57. The fourth-order valence-corrected chi connectivity index (χ4v) is 1.68. The summed E-state index contributed by atoms with van der Waals surface area (Å²) in [6.07, 6.45) is 0.594. The summed E-state index contributed by atoms with van der Waals surface area (Å²) in [6.45, 7) is 0.737. The monoisotopic (exact) mass is 235 g/mol. The summed E-state index contributed by atoms with van der Waals surface area (Å²) in [5.41, 5.74) is 2.58. The van der Waals surface area contributed by atoms with Gasteiger partial charge in [-0.2, -0.15) is 13.2 Å². The number of rotatable bonds is 2. The summed E-state index contributed by atoms with van der Waals surface area (Å²) in [6, 6.07) is 0. The Morgan fingerprint density at radius 1 is 1.31 bits per heavy atom. The van der Waals surface area contributed by atoms with Gasteiger partial charge in [0.25, 0.3) is 0 Å². The van der Waals surface area contributed by atoms with Gasteiger partial charge >= 0.3 is 6.18 Å². The Hall–Kier alpha value is -0.840. The van der Waals surface area contributed by atoms with Crippen LogP contribution >= 0.6 is 0 Å². The average Bonchev–Trinajstić information content (AvgIpc) is 2.42. The van der Waals surface area contributed by atoms with Crippen LogP contribution in [0.1, 0.15) is 39.0 Å². The largest absolute Gasteiger partial charge is 0.413 e. The van der Waals surface area contributed by atoms with E-state index in [1.165, 1.54) is 0 Å². The van der Waals surface area contributed by atoms with Crippen molar-refractivity contribution in [1.82, 2.24) is 0 Å². The molecule has 0 bridgehead atoms. The lowest BCUT2D eigenvalue weighted by Gasteiger charge is -2.26. The predicted molar refractivity (Wildman–Crippen MR) is 54.8 cm³/mol. The molecule has 0 aliphatic heterocycles. The summed E-state index contributed by atoms with van der Waals surface area (Å²) in [5, 5.41) is 0. The van der Waals surface area contributed by atoms with Crippen molar-refractivity contribution in [3.8, 4) is 0 Å². The second-order valence-electron chi connectivity index (χ2n) is 4.36. The number of carbonyl (C=O) groups excluding carboxylic acids is 1. The molecule has 0 aromatic rings. The molecule has 1 rings (SSSR count). The Morgan fingerprint density at radius 2 is 1.94 bits per heavy atom. The zero-order valence-corrected chi connectivity index (χ0v) is 9.23. The molecule has 0 aromatic heterocycles. The molecular weight excluding hydrogens is 219 g/mol. The number of alkyl halides is 3. The van der Waals surface area contributed by atoms with Crippen molar-refractivity contribution in [3.05, 3.63) is 11.6 Å². The van der Waals surface area contributed by atoms with Crippen molar-refractivity contribution in [1.29, 1.82) is 0 Å².